The Morgan fingerprint density at radius 1 is 1.12 bits per heavy atom. The molecule has 0 fully saturated rings. The molecule has 26 heavy (non-hydrogen) atoms. The number of benzene rings is 1. The predicted molar refractivity (Wildman–Crippen MR) is 100 cm³/mol. The van der Waals surface area contributed by atoms with Crippen LogP contribution in [0.4, 0.5) is 15.8 Å². The number of halogens is 1. The topological polar surface area (TPSA) is 78.5 Å². The van der Waals surface area contributed by atoms with Crippen LogP contribution in [0.25, 0.3) is 0 Å². The summed E-state index contributed by atoms with van der Waals surface area (Å²) < 4.78 is 13.7. The van der Waals surface area contributed by atoms with Crippen molar-refractivity contribution in [2.45, 2.75) is 39.5 Å². The molecular formula is C19H26FN3O3. The quantitative estimate of drug-likeness (QED) is 0.626. The average molecular weight is 363 g/mol. The Bertz CT molecular complexity index is 655. The maximum Gasteiger partial charge on any atom is 0.247 e. The molecule has 0 radical (unpaired) electrons. The fraction of sp³-hybridized carbons (Fsp3) is 0.421. The van der Waals surface area contributed by atoms with Gasteiger partial charge in [-0.2, -0.15) is 0 Å². The molecule has 7 heteroatoms. The van der Waals surface area contributed by atoms with E-state index in [0.29, 0.717) is 18.8 Å². The molecule has 0 saturated heterocycles. The fourth-order valence-electron chi connectivity index (χ4n) is 2.39. The van der Waals surface area contributed by atoms with Crippen LogP contribution in [0, 0.1) is 5.82 Å². The van der Waals surface area contributed by atoms with Crippen LogP contribution < -0.4 is 10.6 Å². The first kappa shape index (κ1) is 21.3. The lowest BCUT2D eigenvalue weighted by molar-refractivity contribution is -0.133. The standard InChI is InChI=1S/C19H26FN3O3/c1-4-11-23(12-5-2)19(26)10-9-18(25)21-14-7-8-15(20)16(13-14)22-17(24)6-3/h6-8,13H,3-5,9-12H2,1-2H3,(H,21,25)(H,22,24). The summed E-state index contributed by atoms with van der Waals surface area (Å²) in [4.78, 5) is 37.3. The lowest BCUT2D eigenvalue weighted by Crippen LogP contribution is -2.33. The molecule has 0 aliphatic carbocycles. The number of carbonyl (C=O) groups is 3. The maximum atomic E-state index is 13.7. The zero-order valence-corrected chi connectivity index (χ0v) is 15.3. The number of nitrogens with one attached hydrogen (secondary N) is 2. The Kier molecular flexibility index (Phi) is 9.05. The molecule has 1 aromatic rings. The molecule has 0 saturated carbocycles. The summed E-state index contributed by atoms with van der Waals surface area (Å²) >= 11 is 0. The Morgan fingerprint density at radius 2 is 1.77 bits per heavy atom. The summed E-state index contributed by atoms with van der Waals surface area (Å²) in [6.45, 7) is 8.66. The zero-order valence-electron chi connectivity index (χ0n) is 15.3. The highest BCUT2D eigenvalue weighted by atomic mass is 19.1. The van der Waals surface area contributed by atoms with Gasteiger partial charge in [-0.15, -0.1) is 0 Å². The van der Waals surface area contributed by atoms with Gasteiger partial charge in [-0.1, -0.05) is 20.4 Å². The number of anilines is 2. The summed E-state index contributed by atoms with van der Waals surface area (Å²) in [5.74, 6) is -1.58. The van der Waals surface area contributed by atoms with Crippen molar-refractivity contribution in [2.24, 2.45) is 0 Å². The molecule has 1 aromatic carbocycles. The highest BCUT2D eigenvalue weighted by molar-refractivity contribution is 6.00. The molecule has 0 atom stereocenters. The second kappa shape index (κ2) is 11.0. The number of nitrogens with zero attached hydrogens (tertiary/aromatic N) is 1. The molecule has 142 valence electrons. The zero-order chi connectivity index (χ0) is 19.5. The summed E-state index contributed by atoms with van der Waals surface area (Å²) in [7, 11) is 0. The van der Waals surface area contributed by atoms with Crippen LogP contribution in [0.3, 0.4) is 0 Å². The number of carbonyl (C=O) groups excluding carboxylic acids is 3. The molecule has 1 rings (SSSR count). The summed E-state index contributed by atoms with van der Waals surface area (Å²) in [5.41, 5.74) is 0.281. The van der Waals surface area contributed by atoms with E-state index in [-0.39, 0.29) is 30.3 Å². The molecule has 0 heterocycles. The number of amides is 3. The Morgan fingerprint density at radius 3 is 2.35 bits per heavy atom. The molecular weight excluding hydrogens is 337 g/mol. The van der Waals surface area contributed by atoms with E-state index < -0.39 is 11.7 Å². The van der Waals surface area contributed by atoms with Crippen LogP contribution in [0.2, 0.25) is 0 Å². The SMILES string of the molecule is C=CC(=O)Nc1cc(NC(=O)CCC(=O)N(CCC)CCC)ccc1F. The minimum absolute atomic E-state index is 0.0362. The number of hydrogen-bond donors (Lipinski definition) is 2. The Hall–Kier alpha value is -2.70. The molecule has 0 bridgehead atoms. The van der Waals surface area contributed by atoms with Gasteiger partial charge in [-0.3, -0.25) is 14.4 Å². The van der Waals surface area contributed by atoms with Gasteiger partial charge < -0.3 is 15.5 Å². The predicted octanol–water partition coefficient (Wildman–Crippen LogP) is 3.32. The van der Waals surface area contributed by atoms with Gasteiger partial charge in [0.25, 0.3) is 0 Å². The first-order valence-electron chi connectivity index (χ1n) is 8.71. The van der Waals surface area contributed by atoms with Gasteiger partial charge in [-0.25, -0.2) is 4.39 Å². The fourth-order valence-corrected chi connectivity index (χ4v) is 2.39. The van der Waals surface area contributed by atoms with Crippen LogP contribution in [0.1, 0.15) is 39.5 Å². The van der Waals surface area contributed by atoms with Crippen molar-refractivity contribution >= 4 is 29.1 Å². The lowest BCUT2D eigenvalue weighted by atomic mass is 10.2. The lowest BCUT2D eigenvalue weighted by Gasteiger charge is -2.21. The monoisotopic (exact) mass is 363 g/mol. The van der Waals surface area contributed by atoms with Crippen molar-refractivity contribution in [2.75, 3.05) is 23.7 Å². The van der Waals surface area contributed by atoms with Crippen molar-refractivity contribution in [3.05, 3.63) is 36.7 Å². The van der Waals surface area contributed by atoms with Gasteiger partial charge in [-0.05, 0) is 37.1 Å². The van der Waals surface area contributed by atoms with Crippen LogP contribution in [-0.2, 0) is 14.4 Å². The molecule has 0 spiro atoms. The second-order valence-electron chi connectivity index (χ2n) is 5.82. The first-order valence-corrected chi connectivity index (χ1v) is 8.71. The first-order chi connectivity index (χ1) is 12.4. The van der Waals surface area contributed by atoms with Crippen LogP contribution in [-0.4, -0.2) is 35.7 Å². The summed E-state index contributed by atoms with van der Waals surface area (Å²) in [5, 5.41) is 4.93. The highest BCUT2D eigenvalue weighted by Crippen LogP contribution is 2.20. The molecule has 6 nitrogen and oxygen atoms in total. The van der Waals surface area contributed by atoms with Gasteiger partial charge in [0.2, 0.25) is 17.7 Å². The second-order valence-corrected chi connectivity index (χ2v) is 5.82. The molecule has 0 aliphatic rings. The van der Waals surface area contributed by atoms with E-state index in [1.807, 2.05) is 13.8 Å². The van der Waals surface area contributed by atoms with Gasteiger partial charge >= 0.3 is 0 Å². The third kappa shape index (κ3) is 7.04. The molecule has 0 aliphatic heterocycles. The normalized spacial score (nSPS) is 10.1. The van der Waals surface area contributed by atoms with Crippen LogP contribution in [0.5, 0.6) is 0 Å². The van der Waals surface area contributed by atoms with Crippen molar-refractivity contribution in [3.8, 4) is 0 Å². The smallest absolute Gasteiger partial charge is 0.247 e. The van der Waals surface area contributed by atoms with Crippen LogP contribution in [0.15, 0.2) is 30.9 Å². The van der Waals surface area contributed by atoms with Crippen LogP contribution >= 0.6 is 0 Å². The van der Waals surface area contributed by atoms with Gasteiger partial charge in [0, 0.05) is 31.6 Å². The van der Waals surface area contributed by atoms with Crippen molar-refractivity contribution in [1.29, 1.82) is 0 Å². The van der Waals surface area contributed by atoms with E-state index in [1.165, 1.54) is 12.1 Å². The minimum atomic E-state index is -0.622. The van der Waals surface area contributed by atoms with Gasteiger partial charge in [0.15, 0.2) is 0 Å². The van der Waals surface area contributed by atoms with E-state index in [2.05, 4.69) is 17.2 Å². The molecule has 3 amide bonds. The highest BCUT2D eigenvalue weighted by Gasteiger charge is 2.14. The van der Waals surface area contributed by atoms with Gasteiger partial charge in [0.1, 0.15) is 5.82 Å². The van der Waals surface area contributed by atoms with Crippen molar-refractivity contribution < 1.29 is 18.8 Å². The van der Waals surface area contributed by atoms with E-state index in [0.717, 1.165) is 25.0 Å². The average Bonchev–Trinajstić information content (AvgIpc) is 2.62. The van der Waals surface area contributed by atoms with Gasteiger partial charge in [0.05, 0.1) is 5.69 Å². The molecule has 0 aromatic heterocycles. The van der Waals surface area contributed by atoms with E-state index >= 15 is 0 Å². The largest absolute Gasteiger partial charge is 0.343 e. The maximum absolute atomic E-state index is 13.7. The third-order valence-electron chi connectivity index (χ3n) is 3.60. The van der Waals surface area contributed by atoms with E-state index in [1.54, 1.807) is 4.90 Å². The van der Waals surface area contributed by atoms with Crippen molar-refractivity contribution in [1.82, 2.24) is 4.90 Å². The van der Waals surface area contributed by atoms with Crippen molar-refractivity contribution in [3.63, 3.8) is 0 Å². The summed E-state index contributed by atoms with van der Waals surface area (Å²) in [6, 6.07) is 3.85. The van der Waals surface area contributed by atoms with E-state index in [4.69, 9.17) is 0 Å². The molecule has 2 N–H and O–H groups in total. The number of hydrogen-bond acceptors (Lipinski definition) is 3. The third-order valence-corrected chi connectivity index (χ3v) is 3.60. The number of rotatable bonds is 10. The minimum Gasteiger partial charge on any atom is -0.343 e. The Labute approximate surface area is 153 Å². The van der Waals surface area contributed by atoms with E-state index in [9.17, 15) is 18.8 Å². The Balaban J connectivity index is 2.62. The summed E-state index contributed by atoms with van der Waals surface area (Å²) in [6.07, 6.45) is 2.91. The molecule has 0 unspecified atom stereocenters.